The number of nitrogens with one attached hydrogen (secondary N) is 1. The van der Waals surface area contributed by atoms with Crippen LogP contribution >= 0.6 is 0 Å². The zero-order valence-corrected chi connectivity index (χ0v) is 7.26. The largest absolute Gasteiger partial charge is 0.299 e. The van der Waals surface area contributed by atoms with Gasteiger partial charge in [-0.1, -0.05) is 6.92 Å². The molecule has 11 heavy (non-hydrogen) atoms. The van der Waals surface area contributed by atoms with Crippen LogP contribution in [0.3, 0.4) is 0 Å². The average molecular weight is 179 g/mol. The zero-order chi connectivity index (χ0) is 8.48. The lowest BCUT2D eigenvalue weighted by Gasteiger charge is -2.25. The van der Waals surface area contributed by atoms with Gasteiger partial charge in [-0.25, -0.2) is 0 Å². The fraction of sp³-hybridized carbons (Fsp3) is 1.00. The second-order valence-corrected chi connectivity index (χ2v) is 4.69. The van der Waals surface area contributed by atoms with E-state index in [4.69, 9.17) is 4.55 Å². The van der Waals surface area contributed by atoms with Gasteiger partial charge in [-0.05, 0) is 25.3 Å². The topological polar surface area (TPSA) is 66.4 Å². The first kappa shape index (κ1) is 8.96. The van der Waals surface area contributed by atoms with E-state index in [-0.39, 0.29) is 0 Å². The van der Waals surface area contributed by atoms with Crippen molar-refractivity contribution in [3.63, 3.8) is 0 Å². The van der Waals surface area contributed by atoms with E-state index in [1.165, 1.54) is 0 Å². The summed E-state index contributed by atoms with van der Waals surface area (Å²) in [6, 6.07) is 0. The molecule has 2 atom stereocenters. The van der Waals surface area contributed by atoms with Crippen molar-refractivity contribution >= 4 is 10.1 Å². The molecule has 0 aromatic heterocycles. The summed E-state index contributed by atoms with van der Waals surface area (Å²) in [6.07, 6.45) is 1.49. The van der Waals surface area contributed by atoms with Gasteiger partial charge in [0.15, 0.2) is 0 Å². The Hall–Kier alpha value is -0.130. The lowest BCUT2D eigenvalue weighted by molar-refractivity contribution is 0.348. The zero-order valence-electron chi connectivity index (χ0n) is 6.45. The van der Waals surface area contributed by atoms with Gasteiger partial charge in [0.2, 0.25) is 0 Å². The minimum Gasteiger partial charge on any atom is -0.299 e. The Morgan fingerprint density at radius 1 is 1.55 bits per heavy atom. The Morgan fingerprint density at radius 2 is 2.18 bits per heavy atom. The van der Waals surface area contributed by atoms with Gasteiger partial charge >= 0.3 is 0 Å². The second-order valence-electron chi connectivity index (χ2n) is 3.09. The summed E-state index contributed by atoms with van der Waals surface area (Å²) in [5.74, 6) is 0.378. The molecule has 0 aromatic carbocycles. The van der Waals surface area contributed by atoms with Gasteiger partial charge < -0.3 is 0 Å². The highest BCUT2D eigenvalue weighted by Crippen LogP contribution is 2.17. The van der Waals surface area contributed by atoms with Gasteiger partial charge in [0, 0.05) is 0 Å². The van der Waals surface area contributed by atoms with Crippen LogP contribution in [0.15, 0.2) is 0 Å². The van der Waals surface area contributed by atoms with Crippen molar-refractivity contribution in [3.8, 4) is 0 Å². The molecule has 1 heterocycles. The molecule has 0 aromatic rings. The maximum Gasteiger partial charge on any atom is 0.281 e. The molecule has 0 spiro atoms. The van der Waals surface area contributed by atoms with Crippen molar-refractivity contribution in [2.24, 2.45) is 5.92 Å². The van der Waals surface area contributed by atoms with E-state index in [0.29, 0.717) is 18.9 Å². The highest BCUT2D eigenvalue weighted by atomic mass is 32.2. The molecule has 1 rings (SSSR count). The Balaban J connectivity index is 2.60. The predicted molar refractivity (Wildman–Crippen MR) is 41.7 cm³/mol. The fourth-order valence-corrected chi connectivity index (χ4v) is 2.18. The first-order chi connectivity index (χ1) is 5.00. The fourth-order valence-electron chi connectivity index (χ4n) is 1.28. The minimum absolute atomic E-state index is 0.378. The van der Waals surface area contributed by atoms with Crippen LogP contribution < -0.4 is 5.32 Å². The average Bonchev–Trinajstić information content (AvgIpc) is 1.86. The molecule has 1 saturated heterocycles. The van der Waals surface area contributed by atoms with Crippen LogP contribution in [0.1, 0.15) is 19.8 Å². The summed E-state index contributed by atoms with van der Waals surface area (Å²) in [5.41, 5.74) is 0. The Bertz CT molecular complexity index is 224. The maximum atomic E-state index is 10.6. The summed E-state index contributed by atoms with van der Waals surface area (Å²) in [5, 5.41) is 2.01. The lowest BCUT2D eigenvalue weighted by atomic mass is 10.0. The van der Waals surface area contributed by atoms with Crippen LogP contribution in [0.5, 0.6) is 0 Å². The molecular weight excluding hydrogens is 166 g/mol. The van der Waals surface area contributed by atoms with E-state index < -0.39 is 15.5 Å². The molecule has 5 heteroatoms. The normalized spacial score (nSPS) is 33.6. The number of hydrogen-bond acceptors (Lipinski definition) is 3. The van der Waals surface area contributed by atoms with Crippen LogP contribution in [0, 0.1) is 5.92 Å². The van der Waals surface area contributed by atoms with Crippen molar-refractivity contribution in [1.82, 2.24) is 5.32 Å². The van der Waals surface area contributed by atoms with Crippen LogP contribution in [0.2, 0.25) is 0 Å². The summed E-state index contributed by atoms with van der Waals surface area (Å²) in [7, 11) is -3.87. The molecule has 66 valence electrons. The molecule has 1 aliphatic heterocycles. The van der Waals surface area contributed by atoms with Crippen molar-refractivity contribution < 1.29 is 13.0 Å². The molecule has 0 amide bonds. The molecule has 0 radical (unpaired) electrons. The maximum absolute atomic E-state index is 10.6. The molecule has 1 aliphatic rings. The number of rotatable bonds is 1. The molecule has 2 N–H and O–H groups in total. The van der Waals surface area contributed by atoms with E-state index in [2.05, 4.69) is 5.32 Å². The Morgan fingerprint density at radius 3 is 2.55 bits per heavy atom. The SMILES string of the molecule is CC1CCNC(S(=O)(=O)O)C1. The van der Waals surface area contributed by atoms with Gasteiger partial charge in [0.05, 0.1) is 0 Å². The third-order valence-corrected chi connectivity index (χ3v) is 3.06. The Kier molecular flexibility index (Phi) is 2.51. The van der Waals surface area contributed by atoms with E-state index in [0.717, 1.165) is 6.42 Å². The van der Waals surface area contributed by atoms with Crippen LogP contribution in [0.25, 0.3) is 0 Å². The standard InChI is InChI=1S/C6H13NO3S/c1-5-2-3-7-6(4-5)11(8,9)10/h5-7H,2-4H2,1H3,(H,8,9,10). The van der Waals surface area contributed by atoms with Crippen molar-refractivity contribution in [2.45, 2.75) is 25.1 Å². The smallest absolute Gasteiger partial charge is 0.281 e. The Labute approximate surface area is 66.7 Å². The molecule has 4 nitrogen and oxygen atoms in total. The van der Waals surface area contributed by atoms with Crippen LogP contribution in [0.4, 0.5) is 0 Å². The monoisotopic (exact) mass is 179 g/mol. The molecule has 0 bridgehead atoms. The quantitative estimate of drug-likeness (QED) is 0.565. The van der Waals surface area contributed by atoms with Gasteiger partial charge in [0.25, 0.3) is 10.1 Å². The van der Waals surface area contributed by atoms with Crippen LogP contribution in [-0.2, 0) is 10.1 Å². The second kappa shape index (κ2) is 3.08. The minimum atomic E-state index is -3.87. The molecule has 0 aliphatic carbocycles. The lowest BCUT2D eigenvalue weighted by Crippen LogP contribution is -2.42. The van der Waals surface area contributed by atoms with E-state index in [1.54, 1.807) is 0 Å². The van der Waals surface area contributed by atoms with Gasteiger partial charge in [-0.3, -0.25) is 9.87 Å². The van der Waals surface area contributed by atoms with Crippen molar-refractivity contribution in [1.29, 1.82) is 0 Å². The summed E-state index contributed by atoms with van der Waals surface area (Å²) >= 11 is 0. The number of piperidine rings is 1. The van der Waals surface area contributed by atoms with Crippen LogP contribution in [-0.4, -0.2) is 24.9 Å². The first-order valence-electron chi connectivity index (χ1n) is 3.70. The van der Waals surface area contributed by atoms with E-state index in [9.17, 15) is 8.42 Å². The van der Waals surface area contributed by atoms with Gasteiger partial charge in [-0.15, -0.1) is 0 Å². The molecule has 2 unspecified atom stereocenters. The van der Waals surface area contributed by atoms with Gasteiger partial charge in [0.1, 0.15) is 5.37 Å². The summed E-state index contributed by atoms with van der Waals surface area (Å²) < 4.78 is 29.9. The predicted octanol–water partition coefficient (Wildman–Crippen LogP) is 0.220. The highest BCUT2D eigenvalue weighted by Gasteiger charge is 2.27. The van der Waals surface area contributed by atoms with E-state index in [1.807, 2.05) is 6.92 Å². The molecular formula is C6H13NO3S. The van der Waals surface area contributed by atoms with Gasteiger partial charge in [-0.2, -0.15) is 8.42 Å². The summed E-state index contributed by atoms with van der Waals surface area (Å²) in [6.45, 7) is 2.66. The third-order valence-electron chi connectivity index (χ3n) is 1.99. The van der Waals surface area contributed by atoms with E-state index >= 15 is 0 Å². The molecule has 0 saturated carbocycles. The highest BCUT2D eigenvalue weighted by molar-refractivity contribution is 7.86. The molecule has 1 fully saturated rings. The van der Waals surface area contributed by atoms with Crippen molar-refractivity contribution in [3.05, 3.63) is 0 Å². The summed E-state index contributed by atoms with van der Waals surface area (Å²) in [4.78, 5) is 0. The number of hydrogen-bond donors (Lipinski definition) is 2. The third kappa shape index (κ3) is 2.43. The first-order valence-corrected chi connectivity index (χ1v) is 5.20. The van der Waals surface area contributed by atoms with Crippen molar-refractivity contribution in [2.75, 3.05) is 6.54 Å².